The van der Waals surface area contributed by atoms with E-state index in [0.29, 0.717) is 32.3 Å². The van der Waals surface area contributed by atoms with Crippen LogP contribution in [0.25, 0.3) is 10.9 Å². The second-order valence-corrected chi connectivity index (χ2v) is 10.3. The van der Waals surface area contributed by atoms with E-state index < -0.39 is 10.9 Å². The third kappa shape index (κ3) is 5.81. The van der Waals surface area contributed by atoms with Crippen molar-refractivity contribution in [3.8, 4) is 5.75 Å². The van der Waals surface area contributed by atoms with E-state index in [9.17, 15) is 24.8 Å². The van der Waals surface area contributed by atoms with E-state index in [0.717, 1.165) is 4.47 Å². The van der Waals surface area contributed by atoms with Gasteiger partial charge in [0, 0.05) is 22.0 Å². The number of ether oxygens (including phenoxy) is 1. The van der Waals surface area contributed by atoms with Crippen LogP contribution in [0.15, 0.2) is 73.4 Å². The topological polar surface area (TPSA) is 137 Å². The number of nitrogens with zero attached hydrogens (tertiary/aromatic N) is 4. The molecule has 12 heteroatoms. The van der Waals surface area contributed by atoms with Gasteiger partial charge in [0.15, 0.2) is 0 Å². The van der Waals surface area contributed by atoms with E-state index in [2.05, 4.69) is 41.9 Å². The predicted octanol–water partition coefficient (Wildman–Crippen LogP) is 6.11. The molecule has 0 saturated heterocycles. The van der Waals surface area contributed by atoms with Gasteiger partial charge in [0.2, 0.25) is 5.75 Å². The van der Waals surface area contributed by atoms with Crippen LogP contribution in [0.3, 0.4) is 0 Å². The van der Waals surface area contributed by atoms with Crippen molar-refractivity contribution in [1.82, 2.24) is 9.66 Å². The number of carboxylic acid groups (broad SMARTS) is 1. The molecule has 0 bridgehead atoms. The molecule has 0 fully saturated rings. The number of halogens is 2. The fraction of sp³-hybridized carbons (Fsp3) is 0.154. The number of hydrogen-bond donors (Lipinski definition) is 1. The highest BCUT2D eigenvalue weighted by molar-refractivity contribution is 9.10. The van der Waals surface area contributed by atoms with Crippen LogP contribution in [0.2, 0.25) is 0 Å². The molecule has 4 rings (SSSR count). The van der Waals surface area contributed by atoms with Gasteiger partial charge in [-0.2, -0.15) is 9.78 Å². The van der Waals surface area contributed by atoms with Crippen molar-refractivity contribution in [2.75, 3.05) is 0 Å². The second kappa shape index (κ2) is 11.2. The highest BCUT2D eigenvalue weighted by atomic mass is 79.9. The third-order valence-corrected chi connectivity index (χ3v) is 6.55. The van der Waals surface area contributed by atoms with Crippen molar-refractivity contribution < 1.29 is 19.6 Å². The van der Waals surface area contributed by atoms with E-state index in [-0.39, 0.29) is 35.1 Å². The first kappa shape index (κ1) is 27.1. The number of nitro benzene ring substituents is 1. The molecular formula is C26H20Br2N4O6. The normalized spacial score (nSPS) is 11.4. The summed E-state index contributed by atoms with van der Waals surface area (Å²) < 4.78 is 7.91. The first-order chi connectivity index (χ1) is 18.0. The Hall–Kier alpha value is -3.90. The molecule has 38 heavy (non-hydrogen) atoms. The minimum Gasteiger partial charge on any atom is -0.481 e. The third-order valence-electron chi connectivity index (χ3n) is 5.47. The van der Waals surface area contributed by atoms with Gasteiger partial charge in [-0.1, -0.05) is 41.9 Å². The smallest absolute Gasteiger partial charge is 0.335 e. The fourth-order valence-electron chi connectivity index (χ4n) is 3.68. The number of nitro groups is 1. The van der Waals surface area contributed by atoms with Crippen LogP contribution in [-0.2, 0) is 6.61 Å². The van der Waals surface area contributed by atoms with Gasteiger partial charge in [0.05, 0.1) is 32.1 Å². The lowest BCUT2D eigenvalue weighted by Gasteiger charge is -2.12. The number of aromatic nitrogens is 2. The zero-order chi connectivity index (χ0) is 27.6. The molecule has 0 atom stereocenters. The molecule has 0 saturated carbocycles. The standard InChI is InChI=1S/C26H20Br2N4O6/c1-14(2)24-30-21-7-6-18(27)11-19(21)25(33)31(24)29-12-16-9-20(28)23(22(10-16)32(36)37)38-13-15-4-3-5-17(8-15)26(34)35/h3-12,14H,13H2,1-2H3,(H,34,35). The minimum absolute atomic E-state index is 0.0230. The molecule has 0 amide bonds. The molecule has 0 aliphatic rings. The highest BCUT2D eigenvalue weighted by Gasteiger charge is 2.21. The molecule has 194 valence electrons. The molecule has 10 nitrogen and oxygen atoms in total. The monoisotopic (exact) mass is 642 g/mol. The average molecular weight is 644 g/mol. The SMILES string of the molecule is CC(C)c1nc2ccc(Br)cc2c(=O)n1N=Cc1cc(Br)c(OCc2cccc(C(=O)O)c2)c([N+](=O)[O-])c1. The molecule has 1 N–H and O–H groups in total. The molecule has 1 aromatic heterocycles. The lowest BCUT2D eigenvalue weighted by Crippen LogP contribution is -2.23. The second-order valence-electron chi connectivity index (χ2n) is 8.55. The number of hydrogen-bond acceptors (Lipinski definition) is 7. The van der Waals surface area contributed by atoms with Gasteiger partial charge >= 0.3 is 11.7 Å². The van der Waals surface area contributed by atoms with Crippen molar-refractivity contribution in [3.05, 3.63) is 107 Å². The van der Waals surface area contributed by atoms with Gasteiger partial charge in [-0.25, -0.2) is 9.78 Å². The lowest BCUT2D eigenvalue weighted by molar-refractivity contribution is -0.386. The molecule has 1 heterocycles. The average Bonchev–Trinajstić information content (AvgIpc) is 2.87. The van der Waals surface area contributed by atoms with E-state index in [1.807, 2.05) is 13.8 Å². The Morgan fingerprint density at radius 2 is 1.97 bits per heavy atom. The number of fused-ring (bicyclic) bond motifs is 1. The van der Waals surface area contributed by atoms with Gasteiger partial charge in [-0.3, -0.25) is 14.9 Å². The van der Waals surface area contributed by atoms with E-state index in [1.165, 1.54) is 29.1 Å². The summed E-state index contributed by atoms with van der Waals surface area (Å²) in [5, 5.41) is 25.7. The summed E-state index contributed by atoms with van der Waals surface area (Å²) in [6.07, 6.45) is 1.34. The van der Waals surface area contributed by atoms with Crippen LogP contribution in [0.1, 0.15) is 47.1 Å². The van der Waals surface area contributed by atoms with Crippen molar-refractivity contribution in [2.45, 2.75) is 26.4 Å². The van der Waals surface area contributed by atoms with Gasteiger partial charge in [0.25, 0.3) is 5.56 Å². The highest BCUT2D eigenvalue weighted by Crippen LogP contribution is 2.36. The Bertz CT molecular complexity index is 1670. The van der Waals surface area contributed by atoms with Crippen molar-refractivity contribution >= 4 is 60.6 Å². The van der Waals surface area contributed by atoms with E-state index in [4.69, 9.17) is 4.74 Å². The van der Waals surface area contributed by atoms with Crippen molar-refractivity contribution in [3.63, 3.8) is 0 Å². The van der Waals surface area contributed by atoms with Crippen LogP contribution in [0.4, 0.5) is 5.69 Å². The fourth-order valence-corrected chi connectivity index (χ4v) is 4.62. The zero-order valence-electron chi connectivity index (χ0n) is 20.1. The van der Waals surface area contributed by atoms with Crippen LogP contribution >= 0.6 is 31.9 Å². The molecule has 0 unspecified atom stereocenters. The summed E-state index contributed by atoms with van der Waals surface area (Å²) in [7, 11) is 0. The molecule has 0 aliphatic heterocycles. The number of carboxylic acids is 1. The Labute approximate surface area is 233 Å². The quantitative estimate of drug-likeness (QED) is 0.139. The Morgan fingerprint density at radius 3 is 2.66 bits per heavy atom. The van der Waals surface area contributed by atoms with Gasteiger partial charge in [0.1, 0.15) is 12.4 Å². The summed E-state index contributed by atoms with van der Waals surface area (Å²) >= 11 is 6.69. The van der Waals surface area contributed by atoms with Crippen LogP contribution < -0.4 is 10.3 Å². The number of aromatic carboxylic acids is 1. The summed E-state index contributed by atoms with van der Waals surface area (Å²) in [5.74, 6) is -0.788. The lowest BCUT2D eigenvalue weighted by atomic mass is 10.1. The van der Waals surface area contributed by atoms with Gasteiger partial charge in [-0.05, 0) is 57.9 Å². The Morgan fingerprint density at radius 1 is 1.21 bits per heavy atom. The number of carbonyl (C=O) groups is 1. The summed E-state index contributed by atoms with van der Waals surface area (Å²) in [6.45, 7) is 3.69. The Kier molecular flexibility index (Phi) is 8.02. The number of benzene rings is 3. The van der Waals surface area contributed by atoms with E-state index in [1.54, 1.807) is 36.4 Å². The van der Waals surface area contributed by atoms with Gasteiger partial charge in [-0.15, -0.1) is 0 Å². The molecular weight excluding hydrogens is 624 g/mol. The minimum atomic E-state index is -1.09. The maximum absolute atomic E-state index is 13.2. The number of rotatable bonds is 8. The predicted molar refractivity (Wildman–Crippen MR) is 149 cm³/mol. The van der Waals surface area contributed by atoms with Crippen molar-refractivity contribution in [1.29, 1.82) is 0 Å². The van der Waals surface area contributed by atoms with Crippen LogP contribution in [0, 0.1) is 10.1 Å². The maximum Gasteiger partial charge on any atom is 0.335 e. The Balaban J connectivity index is 1.70. The van der Waals surface area contributed by atoms with Gasteiger partial charge < -0.3 is 9.84 Å². The largest absolute Gasteiger partial charge is 0.481 e. The zero-order valence-corrected chi connectivity index (χ0v) is 23.3. The molecule has 0 radical (unpaired) electrons. The molecule has 0 aliphatic carbocycles. The molecule has 4 aromatic rings. The molecule has 0 spiro atoms. The molecule has 3 aromatic carbocycles. The van der Waals surface area contributed by atoms with Crippen LogP contribution in [-0.4, -0.2) is 31.9 Å². The van der Waals surface area contributed by atoms with E-state index >= 15 is 0 Å². The summed E-state index contributed by atoms with van der Waals surface area (Å²) in [5.41, 5.74) is 0.813. The van der Waals surface area contributed by atoms with Crippen LogP contribution in [0.5, 0.6) is 5.75 Å². The summed E-state index contributed by atoms with van der Waals surface area (Å²) in [6, 6.07) is 14.2. The summed E-state index contributed by atoms with van der Waals surface area (Å²) in [4.78, 5) is 40.3. The van der Waals surface area contributed by atoms with Crippen molar-refractivity contribution in [2.24, 2.45) is 5.10 Å². The maximum atomic E-state index is 13.2. The first-order valence-corrected chi connectivity index (χ1v) is 12.8. The first-order valence-electron chi connectivity index (χ1n) is 11.2.